The topological polar surface area (TPSA) is 49.3 Å². The summed E-state index contributed by atoms with van der Waals surface area (Å²) >= 11 is 11.9. The second kappa shape index (κ2) is 8.22. The summed E-state index contributed by atoms with van der Waals surface area (Å²) < 4.78 is 11.0. The van der Waals surface area contributed by atoms with Gasteiger partial charge in [-0.3, -0.25) is 4.21 Å². The van der Waals surface area contributed by atoms with Crippen LogP contribution in [0.15, 0.2) is 18.2 Å². The molecule has 2 N–H and O–H groups in total. The molecule has 6 heteroatoms. The Hall–Kier alpha value is -0.130. The monoisotopic (exact) mass is 323 g/mol. The smallest absolute Gasteiger partial charge is 0.0929 e. The molecule has 1 aromatic carbocycles. The van der Waals surface area contributed by atoms with Crippen LogP contribution in [0.1, 0.15) is 25.0 Å². The molecule has 19 heavy (non-hydrogen) atoms. The van der Waals surface area contributed by atoms with E-state index in [1.54, 1.807) is 24.5 Å². The zero-order valence-electron chi connectivity index (χ0n) is 11.0. The van der Waals surface area contributed by atoms with E-state index in [1.165, 1.54) is 0 Å². The first-order chi connectivity index (χ1) is 8.90. The first-order valence-electron chi connectivity index (χ1n) is 6.06. The summed E-state index contributed by atoms with van der Waals surface area (Å²) in [6, 6.07) is 5.22. The number of halogens is 2. The Morgan fingerprint density at radius 2 is 2.11 bits per heavy atom. The number of rotatable bonds is 7. The molecule has 0 amide bonds. The Kier molecular flexibility index (Phi) is 7.32. The minimum absolute atomic E-state index is 0.191. The average molecular weight is 324 g/mol. The minimum atomic E-state index is -0.784. The molecule has 0 aliphatic rings. The van der Waals surface area contributed by atoms with Crippen LogP contribution in [0, 0.1) is 0 Å². The first kappa shape index (κ1) is 16.9. The van der Waals surface area contributed by atoms with Gasteiger partial charge in [0.1, 0.15) is 0 Å². The van der Waals surface area contributed by atoms with Gasteiger partial charge in [-0.15, -0.1) is 0 Å². The molecular weight excluding hydrogens is 305 g/mol. The molecule has 0 aliphatic heterocycles. The third kappa shape index (κ3) is 6.23. The molecule has 3 atom stereocenters. The summed E-state index contributed by atoms with van der Waals surface area (Å²) in [5.41, 5.74) is 0.618. The number of nitrogens with one attached hydrogen (secondary N) is 1. The van der Waals surface area contributed by atoms with Gasteiger partial charge in [0.05, 0.1) is 6.10 Å². The van der Waals surface area contributed by atoms with Crippen molar-refractivity contribution in [3.8, 4) is 0 Å². The van der Waals surface area contributed by atoms with E-state index in [1.807, 2.05) is 6.92 Å². The summed E-state index contributed by atoms with van der Waals surface area (Å²) in [5.74, 6) is 0.655. The molecule has 108 valence electrons. The highest BCUT2D eigenvalue weighted by molar-refractivity contribution is 7.84. The van der Waals surface area contributed by atoms with Crippen molar-refractivity contribution in [1.29, 1.82) is 0 Å². The zero-order chi connectivity index (χ0) is 14.4. The standard InChI is InChI=1S/C13H19Cl2NO2S/c1-9(5-6-19(2)18)16-8-13(17)11-7-10(14)3-4-12(11)15/h3-4,7,9,13,16-17H,5-6,8H2,1-2H3. The van der Waals surface area contributed by atoms with Crippen molar-refractivity contribution >= 4 is 34.0 Å². The molecule has 0 saturated heterocycles. The lowest BCUT2D eigenvalue weighted by Gasteiger charge is -2.18. The molecular formula is C13H19Cl2NO2S. The molecule has 0 fully saturated rings. The van der Waals surface area contributed by atoms with Gasteiger partial charge in [-0.25, -0.2) is 0 Å². The first-order valence-corrected chi connectivity index (χ1v) is 8.55. The predicted molar refractivity (Wildman–Crippen MR) is 82.4 cm³/mol. The second-order valence-corrected chi connectivity index (χ2v) is 6.96. The Labute approximate surface area is 126 Å². The van der Waals surface area contributed by atoms with Gasteiger partial charge in [0.15, 0.2) is 0 Å². The van der Waals surface area contributed by atoms with Crippen LogP contribution >= 0.6 is 23.2 Å². The van der Waals surface area contributed by atoms with Crippen molar-refractivity contribution in [3.05, 3.63) is 33.8 Å². The number of hydrogen-bond acceptors (Lipinski definition) is 3. The zero-order valence-corrected chi connectivity index (χ0v) is 13.4. The van der Waals surface area contributed by atoms with Crippen molar-refractivity contribution in [3.63, 3.8) is 0 Å². The lowest BCUT2D eigenvalue weighted by molar-refractivity contribution is 0.170. The van der Waals surface area contributed by atoms with Crippen molar-refractivity contribution in [1.82, 2.24) is 5.32 Å². The van der Waals surface area contributed by atoms with Crippen LogP contribution in [0.5, 0.6) is 0 Å². The van der Waals surface area contributed by atoms with Crippen LogP contribution in [0.4, 0.5) is 0 Å². The average Bonchev–Trinajstić information content (AvgIpc) is 2.36. The van der Waals surface area contributed by atoms with Gasteiger partial charge in [0.2, 0.25) is 0 Å². The predicted octanol–water partition coefficient (Wildman–Crippen LogP) is 2.77. The lowest BCUT2D eigenvalue weighted by Crippen LogP contribution is -2.31. The Balaban J connectivity index is 2.48. The normalized spacial score (nSPS) is 16.1. The van der Waals surface area contributed by atoms with Gasteiger partial charge in [-0.1, -0.05) is 23.2 Å². The Bertz CT molecular complexity index is 443. The van der Waals surface area contributed by atoms with Gasteiger partial charge in [-0.2, -0.15) is 0 Å². The largest absolute Gasteiger partial charge is 0.387 e. The van der Waals surface area contributed by atoms with Gasteiger partial charge >= 0.3 is 0 Å². The molecule has 0 radical (unpaired) electrons. The fourth-order valence-electron chi connectivity index (χ4n) is 1.64. The molecule has 1 rings (SSSR count). The SMILES string of the molecule is CC(CCS(C)=O)NCC(O)c1cc(Cl)ccc1Cl. The highest BCUT2D eigenvalue weighted by atomic mass is 35.5. The number of aliphatic hydroxyl groups excluding tert-OH is 1. The highest BCUT2D eigenvalue weighted by Crippen LogP contribution is 2.26. The van der Waals surface area contributed by atoms with Crippen molar-refractivity contribution in [2.45, 2.75) is 25.5 Å². The summed E-state index contributed by atoms with van der Waals surface area (Å²) in [5, 5.41) is 14.3. The summed E-state index contributed by atoms with van der Waals surface area (Å²) in [7, 11) is -0.784. The maximum atomic E-state index is 11.0. The molecule has 0 saturated carbocycles. The van der Waals surface area contributed by atoms with Crippen molar-refractivity contribution in [2.75, 3.05) is 18.6 Å². The van der Waals surface area contributed by atoms with E-state index < -0.39 is 16.9 Å². The van der Waals surface area contributed by atoms with Crippen molar-refractivity contribution < 1.29 is 9.32 Å². The van der Waals surface area contributed by atoms with Crippen LogP contribution in [0.2, 0.25) is 10.0 Å². The third-order valence-corrected chi connectivity index (χ3v) is 4.20. The van der Waals surface area contributed by atoms with E-state index in [-0.39, 0.29) is 6.04 Å². The quantitative estimate of drug-likeness (QED) is 0.811. The van der Waals surface area contributed by atoms with E-state index in [9.17, 15) is 9.32 Å². The van der Waals surface area contributed by atoms with Crippen LogP contribution in [-0.2, 0) is 10.8 Å². The molecule has 0 spiro atoms. The molecule has 0 aliphatic carbocycles. The van der Waals surface area contributed by atoms with E-state index in [2.05, 4.69) is 5.32 Å². The van der Waals surface area contributed by atoms with Crippen LogP contribution in [0.25, 0.3) is 0 Å². The molecule has 0 bridgehead atoms. The highest BCUT2D eigenvalue weighted by Gasteiger charge is 2.13. The molecule has 0 heterocycles. The summed E-state index contributed by atoms with van der Waals surface area (Å²) in [4.78, 5) is 0. The lowest BCUT2D eigenvalue weighted by atomic mass is 10.1. The van der Waals surface area contributed by atoms with Gasteiger partial charge in [0, 0.05) is 51.0 Å². The maximum Gasteiger partial charge on any atom is 0.0929 e. The number of aliphatic hydroxyl groups is 1. The fraction of sp³-hybridized carbons (Fsp3) is 0.538. The molecule has 3 nitrogen and oxygen atoms in total. The summed E-state index contributed by atoms with van der Waals surface area (Å²) in [6.07, 6.45) is 1.78. The number of hydrogen-bond donors (Lipinski definition) is 2. The number of benzene rings is 1. The van der Waals surface area contributed by atoms with E-state index in [4.69, 9.17) is 23.2 Å². The molecule has 1 aromatic rings. The van der Waals surface area contributed by atoms with Crippen LogP contribution in [0.3, 0.4) is 0 Å². The maximum absolute atomic E-state index is 11.0. The van der Waals surface area contributed by atoms with Gasteiger partial charge < -0.3 is 10.4 Å². The van der Waals surface area contributed by atoms with Crippen LogP contribution in [-0.4, -0.2) is 33.9 Å². The molecule has 3 unspecified atom stereocenters. The Morgan fingerprint density at radius 1 is 1.42 bits per heavy atom. The van der Waals surface area contributed by atoms with Gasteiger partial charge in [0.25, 0.3) is 0 Å². The van der Waals surface area contributed by atoms with E-state index in [0.29, 0.717) is 27.9 Å². The van der Waals surface area contributed by atoms with Gasteiger partial charge in [-0.05, 0) is 31.5 Å². The Morgan fingerprint density at radius 3 is 2.74 bits per heavy atom. The van der Waals surface area contributed by atoms with E-state index in [0.717, 1.165) is 6.42 Å². The fourth-order valence-corrected chi connectivity index (χ4v) is 2.75. The van der Waals surface area contributed by atoms with E-state index >= 15 is 0 Å². The van der Waals surface area contributed by atoms with Crippen LogP contribution < -0.4 is 5.32 Å². The van der Waals surface area contributed by atoms with Crippen molar-refractivity contribution in [2.24, 2.45) is 0 Å². The minimum Gasteiger partial charge on any atom is -0.387 e. The summed E-state index contributed by atoms with van der Waals surface area (Å²) in [6.45, 7) is 2.39. The molecule has 0 aromatic heterocycles. The second-order valence-electron chi connectivity index (χ2n) is 4.56. The third-order valence-electron chi connectivity index (χ3n) is 2.82.